The van der Waals surface area contributed by atoms with Crippen molar-refractivity contribution in [1.29, 1.82) is 0 Å². The molecule has 2 rings (SSSR count). The van der Waals surface area contributed by atoms with Gasteiger partial charge in [-0.3, -0.25) is 4.79 Å². The number of alkyl halides is 3. The van der Waals surface area contributed by atoms with Crippen LogP contribution in [-0.4, -0.2) is 35.1 Å². The highest BCUT2D eigenvalue weighted by Gasteiger charge is 2.27. The van der Waals surface area contributed by atoms with E-state index >= 15 is 0 Å². The van der Waals surface area contributed by atoms with Crippen molar-refractivity contribution in [3.8, 4) is 11.3 Å². The maximum absolute atomic E-state index is 11.9. The van der Waals surface area contributed by atoms with Gasteiger partial charge >= 0.3 is 6.18 Å². The van der Waals surface area contributed by atoms with Gasteiger partial charge in [0.2, 0.25) is 5.91 Å². The number of carbonyl (C=O) groups is 1. The van der Waals surface area contributed by atoms with Gasteiger partial charge in [-0.05, 0) is 12.1 Å². The molecule has 1 aromatic carbocycles. The summed E-state index contributed by atoms with van der Waals surface area (Å²) in [7, 11) is 0. The number of aromatic nitrogens is 2. The molecular formula is C14H14BrF3N4O. The first-order chi connectivity index (χ1) is 10.8. The molecule has 0 fully saturated rings. The Morgan fingerprint density at radius 3 is 2.83 bits per heavy atom. The smallest absolute Gasteiger partial charge is 0.346 e. The molecule has 0 unspecified atom stereocenters. The van der Waals surface area contributed by atoms with E-state index in [1.54, 1.807) is 11.5 Å². The lowest BCUT2D eigenvalue weighted by Gasteiger charge is -2.08. The first-order valence-corrected chi connectivity index (χ1v) is 7.47. The van der Waals surface area contributed by atoms with Gasteiger partial charge in [0.15, 0.2) is 0 Å². The van der Waals surface area contributed by atoms with Crippen LogP contribution in [0.15, 0.2) is 34.9 Å². The SMILES string of the molecule is O=C(CNCc1ncc(-c2cccc(Br)c2)[nH]1)NCC(F)(F)F. The molecule has 1 amide bonds. The maximum Gasteiger partial charge on any atom is 0.405 e. The van der Waals surface area contributed by atoms with Crippen LogP contribution in [0.4, 0.5) is 13.2 Å². The number of halogens is 4. The van der Waals surface area contributed by atoms with Gasteiger partial charge in [0.1, 0.15) is 12.4 Å². The molecular weight excluding hydrogens is 377 g/mol. The van der Waals surface area contributed by atoms with Gasteiger partial charge in [-0.1, -0.05) is 28.1 Å². The Labute approximate surface area is 138 Å². The van der Waals surface area contributed by atoms with E-state index in [1.807, 2.05) is 24.3 Å². The number of H-pyrrole nitrogens is 1. The van der Waals surface area contributed by atoms with E-state index in [9.17, 15) is 18.0 Å². The highest BCUT2D eigenvalue weighted by molar-refractivity contribution is 9.10. The fraction of sp³-hybridized carbons (Fsp3) is 0.286. The quantitative estimate of drug-likeness (QED) is 0.709. The average molecular weight is 391 g/mol. The first kappa shape index (κ1) is 17.5. The number of amides is 1. The van der Waals surface area contributed by atoms with Crippen molar-refractivity contribution in [3.05, 3.63) is 40.8 Å². The number of carbonyl (C=O) groups excluding carboxylic acids is 1. The zero-order valence-electron chi connectivity index (χ0n) is 11.9. The summed E-state index contributed by atoms with van der Waals surface area (Å²) in [5, 5.41) is 4.52. The molecule has 0 spiro atoms. The van der Waals surface area contributed by atoms with Crippen molar-refractivity contribution in [2.75, 3.05) is 13.1 Å². The second kappa shape index (κ2) is 7.60. The lowest BCUT2D eigenvalue weighted by molar-refractivity contribution is -0.137. The summed E-state index contributed by atoms with van der Waals surface area (Å²) in [4.78, 5) is 18.5. The predicted molar refractivity (Wildman–Crippen MR) is 82.5 cm³/mol. The fourth-order valence-corrected chi connectivity index (χ4v) is 2.21. The molecule has 1 aromatic heterocycles. The summed E-state index contributed by atoms with van der Waals surface area (Å²) < 4.78 is 36.8. The molecule has 5 nitrogen and oxygen atoms in total. The number of nitrogens with one attached hydrogen (secondary N) is 3. The van der Waals surface area contributed by atoms with Crippen LogP contribution in [0.3, 0.4) is 0 Å². The molecule has 0 aliphatic heterocycles. The Bertz CT molecular complexity index is 672. The Hall–Kier alpha value is -1.87. The molecule has 124 valence electrons. The molecule has 2 aromatic rings. The largest absolute Gasteiger partial charge is 0.405 e. The molecule has 23 heavy (non-hydrogen) atoms. The summed E-state index contributed by atoms with van der Waals surface area (Å²) in [6.07, 6.45) is -2.75. The number of hydrogen-bond donors (Lipinski definition) is 3. The number of imidazole rings is 1. The molecule has 0 saturated carbocycles. The highest BCUT2D eigenvalue weighted by Crippen LogP contribution is 2.21. The Balaban J connectivity index is 1.80. The molecule has 0 atom stereocenters. The van der Waals surface area contributed by atoms with E-state index in [4.69, 9.17) is 0 Å². The second-order valence-electron chi connectivity index (χ2n) is 4.75. The number of rotatable bonds is 6. The molecule has 0 saturated heterocycles. The van der Waals surface area contributed by atoms with Gasteiger partial charge in [0.05, 0.1) is 25.0 Å². The van der Waals surface area contributed by atoms with E-state index in [1.165, 1.54) is 0 Å². The van der Waals surface area contributed by atoms with Crippen molar-refractivity contribution in [2.45, 2.75) is 12.7 Å². The molecule has 0 aliphatic carbocycles. The van der Waals surface area contributed by atoms with Gasteiger partial charge in [-0.25, -0.2) is 4.98 Å². The fourth-order valence-electron chi connectivity index (χ4n) is 1.81. The first-order valence-electron chi connectivity index (χ1n) is 6.67. The average Bonchev–Trinajstić information content (AvgIpc) is 2.93. The van der Waals surface area contributed by atoms with Gasteiger partial charge in [0, 0.05) is 10.0 Å². The molecule has 0 radical (unpaired) electrons. The monoisotopic (exact) mass is 390 g/mol. The van der Waals surface area contributed by atoms with Crippen molar-refractivity contribution < 1.29 is 18.0 Å². The van der Waals surface area contributed by atoms with Gasteiger partial charge in [-0.2, -0.15) is 13.2 Å². The summed E-state index contributed by atoms with van der Waals surface area (Å²) in [5.74, 6) is -0.135. The van der Waals surface area contributed by atoms with E-state index in [2.05, 4.69) is 31.2 Å². The number of nitrogens with zero attached hydrogens (tertiary/aromatic N) is 1. The topological polar surface area (TPSA) is 69.8 Å². The standard InChI is InChI=1S/C14H14BrF3N4O/c15-10-3-1-2-9(4-10)11-5-20-12(22-11)6-19-7-13(23)21-8-14(16,17)18/h1-5,19H,6-8H2,(H,20,22)(H,21,23). The molecule has 9 heteroatoms. The minimum Gasteiger partial charge on any atom is -0.346 e. The van der Waals surface area contributed by atoms with Crippen LogP contribution in [0.5, 0.6) is 0 Å². The van der Waals surface area contributed by atoms with Crippen molar-refractivity contribution >= 4 is 21.8 Å². The summed E-state index contributed by atoms with van der Waals surface area (Å²) in [5.41, 5.74) is 1.76. The van der Waals surface area contributed by atoms with Gasteiger partial charge in [0.25, 0.3) is 0 Å². The van der Waals surface area contributed by atoms with E-state index < -0.39 is 18.6 Å². The van der Waals surface area contributed by atoms with E-state index in [0.717, 1.165) is 15.7 Å². The third-order valence-corrected chi connectivity index (χ3v) is 3.32. The zero-order chi connectivity index (χ0) is 16.9. The highest BCUT2D eigenvalue weighted by atomic mass is 79.9. The number of hydrogen-bond acceptors (Lipinski definition) is 3. The van der Waals surface area contributed by atoms with Crippen LogP contribution in [0.1, 0.15) is 5.82 Å². The summed E-state index contributed by atoms with van der Waals surface area (Å²) >= 11 is 3.38. The van der Waals surface area contributed by atoms with E-state index in [0.29, 0.717) is 5.82 Å². The Morgan fingerprint density at radius 2 is 2.13 bits per heavy atom. The lowest BCUT2D eigenvalue weighted by Crippen LogP contribution is -2.39. The third kappa shape index (κ3) is 6.03. The molecule has 0 aliphatic rings. The van der Waals surface area contributed by atoms with E-state index in [-0.39, 0.29) is 13.1 Å². The summed E-state index contributed by atoms with van der Waals surface area (Å²) in [6.45, 7) is -1.31. The lowest BCUT2D eigenvalue weighted by atomic mass is 10.2. The molecule has 3 N–H and O–H groups in total. The van der Waals surface area contributed by atoms with Crippen LogP contribution >= 0.6 is 15.9 Å². The van der Waals surface area contributed by atoms with Crippen LogP contribution in [0, 0.1) is 0 Å². The van der Waals surface area contributed by atoms with Crippen LogP contribution in [0.2, 0.25) is 0 Å². The van der Waals surface area contributed by atoms with Crippen LogP contribution in [0.25, 0.3) is 11.3 Å². The maximum atomic E-state index is 11.9. The second-order valence-corrected chi connectivity index (χ2v) is 5.67. The Morgan fingerprint density at radius 1 is 1.35 bits per heavy atom. The minimum absolute atomic E-state index is 0.219. The van der Waals surface area contributed by atoms with Gasteiger partial charge in [-0.15, -0.1) is 0 Å². The Kier molecular flexibility index (Phi) is 5.78. The van der Waals surface area contributed by atoms with Crippen LogP contribution in [-0.2, 0) is 11.3 Å². The minimum atomic E-state index is -4.41. The number of aromatic amines is 1. The zero-order valence-corrected chi connectivity index (χ0v) is 13.5. The van der Waals surface area contributed by atoms with Crippen molar-refractivity contribution in [1.82, 2.24) is 20.6 Å². The van der Waals surface area contributed by atoms with Crippen molar-refractivity contribution in [3.63, 3.8) is 0 Å². The third-order valence-electron chi connectivity index (χ3n) is 2.83. The normalized spacial score (nSPS) is 11.5. The van der Waals surface area contributed by atoms with Crippen molar-refractivity contribution in [2.24, 2.45) is 0 Å². The van der Waals surface area contributed by atoms with Gasteiger partial charge < -0.3 is 15.6 Å². The number of benzene rings is 1. The summed E-state index contributed by atoms with van der Waals surface area (Å²) in [6, 6.07) is 7.64. The van der Waals surface area contributed by atoms with Crippen LogP contribution < -0.4 is 10.6 Å². The molecule has 1 heterocycles. The predicted octanol–water partition coefficient (Wildman–Crippen LogP) is 2.61. The molecule has 0 bridgehead atoms.